The Kier molecular flexibility index (Phi) is 2.97. The zero-order valence-electron chi connectivity index (χ0n) is 10.1. The fraction of sp³-hybridized carbons (Fsp3) is 0.462. The van der Waals surface area contributed by atoms with Gasteiger partial charge in [-0.3, -0.25) is 4.79 Å². The Morgan fingerprint density at radius 2 is 2.19 bits per heavy atom. The van der Waals surface area contributed by atoms with Gasteiger partial charge in [-0.1, -0.05) is 18.2 Å². The van der Waals surface area contributed by atoms with Crippen molar-refractivity contribution in [2.45, 2.75) is 19.4 Å². The highest BCUT2D eigenvalue weighted by Gasteiger charge is 2.28. The van der Waals surface area contributed by atoms with E-state index in [4.69, 9.17) is 0 Å². The maximum atomic E-state index is 12.1. The van der Waals surface area contributed by atoms with E-state index in [0.717, 1.165) is 13.1 Å². The summed E-state index contributed by atoms with van der Waals surface area (Å²) in [4.78, 5) is 13.8. The van der Waals surface area contributed by atoms with Gasteiger partial charge in [0.2, 0.25) is 5.91 Å². The molecule has 0 bridgehead atoms. The molecule has 0 saturated carbocycles. The van der Waals surface area contributed by atoms with Crippen molar-refractivity contribution in [1.82, 2.24) is 10.2 Å². The van der Waals surface area contributed by atoms with Crippen molar-refractivity contribution in [3.8, 4) is 0 Å². The number of amides is 1. The van der Waals surface area contributed by atoms with Gasteiger partial charge in [0.1, 0.15) is 0 Å². The van der Waals surface area contributed by atoms with E-state index in [0.29, 0.717) is 0 Å². The molecule has 1 atom stereocenters. The number of likely N-dealkylation sites (N-methyl/N-ethyl adjacent to an activating group) is 1. The maximum absolute atomic E-state index is 12.1. The average molecular weight is 218 g/mol. The molecule has 3 heteroatoms. The lowest BCUT2D eigenvalue weighted by Gasteiger charge is -2.29. The Bertz CT molecular complexity index is 412. The Morgan fingerprint density at radius 1 is 1.44 bits per heavy atom. The number of nitrogens with zero attached hydrogens (tertiary/aromatic N) is 1. The van der Waals surface area contributed by atoms with Crippen LogP contribution in [0.15, 0.2) is 18.2 Å². The lowest BCUT2D eigenvalue weighted by Crippen LogP contribution is -2.38. The van der Waals surface area contributed by atoms with Gasteiger partial charge in [0, 0.05) is 27.2 Å². The van der Waals surface area contributed by atoms with E-state index in [9.17, 15) is 4.79 Å². The fourth-order valence-corrected chi connectivity index (χ4v) is 2.37. The first-order valence-electron chi connectivity index (χ1n) is 5.61. The van der Waals surface area contributed by atoms with E-state index in [1.165, 1.54) is 16.7 Å². The maximum Gasteiger partial charge on any atom is 0.230 e. The first-order chi connectivity index (χ1) is 7.61. The summed E-state index contributed by atoms with van der Waals surface area (Å²) in [7, 11) is 3.63. The summed E-state index contributed by atoms with van der Waals surface area (Å²) in [6.45, 7) is 3.70. The second-order valence-corrected chi connectivity index (χ2v) is 4.56. The highest BCUT2D eigenvalue weighted by molar-refractivity contribution is 5.84. The first kappa shape index (κ1) is 11.1. The van der Waals surface area contributed by atoms with Gasteiger partial charge in [0.15, 0.2) is 0 Å². The molecule has 1 N–H and O–H groups in total. The summed E-state index contributed by atoms with van der Waals surface area (Å²) in [6.07, 6.45) is 0. The molecule has 1 unspecified atom stereocenters. The third-order valence-electron chi connectivity index (χ3n) is 3.17. The molecule has 1 aromatic carbocycles. The van der Waals surface area contributed by atoms with Gasteiger partial charge >= 0.3 is 0 Å². The van der Waals surface area contributed by atoms with Crippen LogP contribution in [0.1, 0.15) is 22.6 Å². The number of nitrogens with one attached hydrogen (secondary N) is 1. The second kappa shape index (κ2) is 4.26. The van der Waals surface area contributed by atoms with Crippen molar-refractivity contribution in [3.05, 3.63) is 34.9 Å². The Balaban J connectivity index is 2.43. The highest BCUT2D eigenvalue weighted by Crippen LogP contribution is 2.28. The Labute approximate surface area is 96.5 Å². The summed E-state index contributed by atoms with van der Waals surface area (Å²) in [5.74, 6) is 0.155. The minimum Gasteiger partial charge on any atom is -0.348 e. The molecule has 86 valence electrons. The zero-order chi connectivity index (χ0) is 11.7. The number of hydrogen-bond acceptors (Lipinski definition) is 2. The summed E-state index contributed by atoms with van der Waals surface area (Å²) < 4.78 is 0. The molecule has 1 aliphatic rings. The van der Waals surface area contributed by atoms with E-state index in [1.807, 2.05) is 14.1 Å². The number of fused-ring (bicyclic) bond motifs is 1. The molecule has 0 spiro atoms. The molecule has 3 nitrogen and oxygen atoms in total. The van der Waals surface area contributed by atoms with Crippen LogP contribution >= 0.6 is 0 Å². The number of carbonyl (C=O) groups excluding carboxylic acids is 1. The third kappa shape index (κ3) is 1.83. The fourth-order valence-electron chi connectivity index (χ4n) is 2.37. The third-order valence-corrected chi connectivity index (χ3v) is 3.17. The predicted molar refractivity (Wildman–Crippen MR) is 64.3 cm³/mol. The van der Waals surface area contributed by atoms with Crippen LogP contribution in [0.4, 0.5) is 0 Å². The van der Waals surface area contributed by atoms with Crippen molar-refractivity contribution in [2.24, 2.45) is 0 Å². The number of rotatable bonds is 1. The highest BCUT2D eigenvalue weighted by atomic mass is 16.2. The topological polar surface area (TPSA) is 32.3 Å². The predicted octanol–water partition coefficient (Wildman–Crippen LogP) is 1.27. The van der Waals surface area contributed by atoms with Gasteiger partial charge in [0.05, 0.1) is 5.92 Å². The molecular weight excluding hydrogens is 200 g/mol. The lowest BCUT2D eigenvalue weighted by molar-refractivity contribution is -0.130. The molecule has 0 radical (unpaired) electrons. The molecule has 1 amide bonds. The number of benzene rings is 1. The van der Waals surface area contributed by atoms with Gasteiger partial charge < -0.3 is 10.2 Å². The molecule has 0 fully saturated rings. The van der Waals surface area contributed by atoms with E-state index in [1.54, 1.807) is 4.90 Å². The van der Waals surface area contributed by atoms with Gasteiger partial charge in [-0.05, 0) is 23.6 Å². The molecule has 1 aromatic rings. The quantitative estimate of drug-likeness (QED) is 0.770. The van der Waals surface area contributed by atoms with Crippen molar-refractivity contribution in [1.29, 1.82) is 0 Å². The van der Waals surface area contributed by atoms with Crippen LogP contribution in [0.5, 0.6) is 0 Å². The van der Waals surface area contributed by atoms with Crippen LogP contribution in [-0.4, -0.2) is 31.4 Å². The summed E-state index contributed by atoms with van der Waals surface area (Å²) in [6, 6.07) is 6.24. The number of carbonyl (C=O) groups is 1. The molecule has 0 aromatic heterocycles. The minimum atomic E-state index is -0.0278. The normalized spacial score (nSPS) is 19.1. The molecular formula is C13H18N2O. The van der Waals surface area contributed by atoms with Gasteiger partial charge in [-0.15, -0.1) is 0 Å². The largest absolute Gasteiger partial charge is 0.348 e. The van der Waals surface area contributed by atoms with Crippen molar-refractivity contribution >= 4 is 5.91 Å². The molecule has 0 saturated heterocycles. The van der Waals surface area contributed by atoms with Crippen LogP contribution in [0, 0.1) is 6.92 Å². The number of aryl methyl sites for hydroxylation is 1. The van der Waals surface area contributed by atoms with Crippen LogP contribution in [0.2, 0.25) is 0 Å². The first-order valence-corrected chi connectivity index (χ1v) is 5.61. The smallest absolute Gasteiger partial charge is 0.230 e. The van der Waals surface area contributed by atoms with Gasteiger partial charge in [-0.2, -0.15) is 0 Å². The SMILES string of the molecule is Cc1cccc2c1C(C(=O)N(C)C)CNC2. The number of hydrogen-bond donors (Lipinski definition) is 1. The van der Waals surface area contributed by atoms with Crippen LogP contribution < -0.4 is 5.32 Å². The minimum absolute atomic E-state index is 0.0278. The van der Waals surface area contributed by atoms with E-state index in [2.05, 4.69) is 30.4 Å². The van der Waals surface area contributed by atoms with Crippen LogP contribution in [0.25, 0.3) is 0 Å². The molecule has 16 heavy (non-hydrogen) atoms. The van der Waals surface area contributed by atoms with Gasteiger partial charge in [0.25, 0.3) is 0 Å². The van der Waals surface area contributed by atoms with Crippen molar-refractivity contribution in [2.75, 3.05) is 20.6 Å². The lowest BCUT2D eigenvalue weighted by atomic mass is 9.86. The summed E-state index contributed by atoms with van der Waals surface area (Å²) >= 11 is 0. The van der Waals surface area contributed by atoms with Crippen molar-refractivity contribution < 1.29 is 4.79 Å². The zero-order valence-corrected chi connectivity index (χ0v) is 10.1. The van der Waals surface area contributed by atoms with E-state index in [-0.39, 0.29) is 11.8 Å². The summed E-state index contributed by atoms with van der Waals surface area (Å²) in [5.41, 5.74) is 3.70. The molecule has 0 aliphatic carbocycles. The van der Waals surface area contributed by atoms with Crippen LogP contribution in [-0.2, 0) is 11.3 Å². The second-order valence-electron chi connectivity index (χ2n) is 4.56. The Hall–Kier alpha value is -1.35. The summed E-state index contributed by atoms with van der Waals surface area (Å²) in [5, 5.41) is 3.31. The monoisotopic (exact) mass is 218 g/mol. The average Bonchev–Trinajstić information content (AvgIpc) is 2.27. The Morgan fingerprint density at radius 3 is 2.88 bits per heavy atom. The molecule has 1 heterocycles. The van der Waals surface area contributed by atoms with Gasteiger partial charge in [-0.25, -0.2) is 0 Å². The van der Waals surface area contributed by atoms with Crippen molar-refractivity contribution in [3.63, 3.8) is 0 Å². The molecule has 1 aliphatic heterocycles. The standard InChI is InChI=1S/C13H18N2O/c1-9-5-4-6-10-7-14-8-11(12(9)10)13(16)15(2)3/h4-6,11,14H,7-8H2,1-3H3. The van der Waals surface area contributed by atoms with E-state index < -0.39 is 0 Å². The van der Waals surface area contributed by atoms with Crippen LogP contribution in [0.3, 0.4) is 0 Å². The molecule has 2 rings (SSSR count). The van der Waals surface area contributed by atoms with E-state index >= 15 is 0 Å².